The lowest BCUT2D eigenvalue weighted by molar-refractivity contribution is -0.506. The Labute approximate surface area is 111 Å². The first-order valence-corrected chi connectivity index (χ1v) is 5.35. The molecule has 0 unspecified atom stereocenters. The van der Waals surface area contributed by atoms with Crippen molar-refractivity contribution in [3.63, 3.8) is 0 Å². The molecule has 2 nitrogen and oxygen atoms in total. The van der Waals surface area contributed by atoms with Crippen LogP contribution in [0.15, 0.2) is 0 Å². The molecule has 0 bridgehead atoms. The molecule has 0 aromatic rings. The third kappa shape index (κ3) is 2.09. The van der Waals surface area contributed by atoms with Gasteiger partial charge in [-0.25, -0.2) is 0 Å². The standard InChI is InChI=1S/C9H9F10NO/c1-21-4-2-3-20-8(16,17)6(12,13)5(10,11)7(14,15)9(20,18)19/h2-4H2,1H3. The molecule has 126 valence electrons. The molecule has 1 saturated heterocycles. The normalized spacial score (nSPS) is 29.3. The van der Waals surface area contributed by atoms with Crippen molar-refractivity contribution in [3.05, 3.63) is 0 Å². The van der Waals surface area contributed by atoms with E-state index in [9.17, 15) is 43.9 Å². The fourth-order valence-corrected chi connectivity index (χ4v) is 1.74. The van der Waals surface area contributed by atoms with Crippen LogP contribution in [0.1, 0.15) is 6.42 Å². The lowest BCUT2D eigenvalue weighted by Crippen LogP contribution is -2.81. The number of piperidine rings is 1. The van der Waals surface area contributed by atoms with E-state index in [-0.39, 0.29) is 0 Å². The van der Waals surface area contributed by atoms with E-state index in [0.717, 1.165) is 7.11 Å². The monoisotopic (exact) mass is 337 g/mol. The van der Waals surface area contributed by atoms with Crippen molar-refractivity contribution in [2.24, 2.45) is 0 Å². The number of nitrogens with zero attached hydrogens (tertiary/aromatic N) is 1. The number of alkyl halides is 10. The van der Waals surface area contributed by atoms with E-state index >= 15 is 0 Å². The van der Waals surface area contributed by atoms with Gasteiger partial charge in [-0.1, -0.05) is 0 Å². The molecule has 1 fully saturated rings. The Balaban J connectivity index is 3.36. The average molecular weight is 337 g/mol. The highest BCUT2D eigenvalue weighted by molar-refractivity contribution is 5.14. The number of halogens is 10. The Hall–Kier alpha value is -0.780. The summed E-state index contributed by atoms with van der Waals surface area (Å²) in [6.07, 6.45) is -0.778. The average Bonchev–Trinajstić information content (AvgIpc) is 2.31. The molecule has 0 aromatic carbocycles. The Morgan fingerprint density at radius 3 is 1.43 bits per heavy atom. The van der Waals surface area contributed by atoms with Crippen LogP contribution < -0.4 is 0 Å². The van der Waals surface area contributed by atoms with Gasteiger partial charge in [-0.2, -0.15) is 48.8 Å². The fourth-order valence-electron chi connectivity index (χ4n) is 1.74. The van der Waals surface area contributed by atoms with Crippen LogP contribution in [-0.4, -0.2) is 55.0 Å². The van der Waals surface area contributed by atoms with E-state index in [1.807, 2.05) is 0 Å². The second-order valence-electron chi connectivity index (χ2n) is 4.30. The lowest BCUT2D eigenvalue weighted by Gasteiger charge is -2.51. The maximum atomic E-state index is 13.3. The van der Waals surface area contributed by atoms with Gasteiger partial charge >= 0.3 is 29.9 Å². The van der Waals surface area contributed by atoms with Crippen LogP contribution in [0.2, 0.25) is 0 Å². The number of methoxy groups -OCH3 is 1. The predicted molar refractivity (Wildman–Crippen MR) is 47.9 cm³/mol. The van der Waals surface area contributed by atoms with E-state index in [4.69, 9.17) is 0 Å². The van der Waals surface area contributed by atoms with E-state index in [0.29, 0.717) is 0 Å². The van der Waals surface area contributed by atoms with Crippen molar-refractivity contribution >= 4 is 0 Å². The molecule has 21 heavy (non-hydrogen) atoms. The molecular formula is C9H9F10NO. The molecule has 0 atom stereocenters. The summed E-state index contributed by atoms with van der Waals surface area (Å²) in [4.78, 5) is -1.91. The minimum atomic E-state index is -6.93. The topological polar surface area (TPSA) is 12.5 Å². The number of likely N-dealkylation sites (tertiary alicyclic amines) is 1. The van der Waals surface area contributed by atoms with Gasteiger partial charge in [0.2, 0.25) is 0 Å². The highest BCUT2D eigenvalue weighted by atomic mass is 19.4. The summed E-state index contributed by atoms with van der Waals surface area (Å²) in [5, 5.41) is 0. The second kappa shape index (κ2) is 4.86. The van der Waals surface area contributed by atoms with Gasteiger partial charge < -0.3 is 4.74 Å². The smallest absolute Gasteiger partial charge is 0.385 e. The molecule has 1 heterocycles. The molecule has 0 N–H and O–H groups in total. The zero-order chi connectivity index (χ0) is 16.9. The van der Waals surface area contributed by atoms with Crippen molar-refractivity contribution in [2.75, 3.05) is 20.3 Å². The van der Waals surface area contributed by atoms with Gasteiger partial charge in [-0.15, -0.1) is 0 Å². The molecular weight excluding hydrogens is 328 g/mol. The lowest BCUT2D eigenvalue weighted by atomic mass is 9.93. The molecule has 0 amide bonds. The molecule has 0 saturated carbocycles. The van der Waals surface area contributed by atoms with Gasteiger partial charge in [0.15, 0.2) is 0 Å². The van der Waals surface area contributed by atoms with Gasteiger partial charge in [0.1, 0.15) is 0 Å². The second-order valence-corrected chi connectivity index (χ2v) is 4.30. The molecule has 1 aliphatic rings. The highest BCUT2D eigenvalue weighted by Gasteiger charge is 2.94. The number of hydrogen-bond acceptors (Lipinski definition) is 2. The third-order valence-electron chi connectivity index (χ3n) is 2.95. The van der Waals surface area contributed by atoms with Crippen LogP contribution in [0.4, 0.5) is 43.9 Å². The predicted octanol–water partition coefficient (Wildman–Crippen LogP) is 3.43. The fraction of sp³-hybridized carbons (Fsp3) is 1.00. The summed E-state index contributed by atoms with van der Waals surface area (Å²) in [6.45, 7) is -2.20. The van der Waals surface area contributed by atoms with Gasteiger partial charge in [-0.3, -0.25) is 0 Å². The largest absolute Gasteiger partial charge is 0.393 e. The first kappa shape index (κ1) is 18.3. The Kier molecular flexibility index (Phi) is 4.23. The van der Waals surface area contributed by atoms with Crippen molar-refractivity contribution in [2.45, 2.75) is 36.3 Å². The maximum Gasteiger partial charge on any atom is 0.393 e. The first-order valence-electron chi connectivity index (χ1n) is 5.35. The van der Waals surface area contributed by atoms with Crippen LogP contribution in [-0.2, 0) is 4.74 Å². The number of hydrogen-bond donors (Lipinski definition) is 0. The molecule has 12 heteroatoms. The maximum absolute atomic E-state index is 13.3. The Morgan fingerprint density at radius 1 is 0.714 bits per heavy atom. The Bertz CT molecular complexity index is 366. The molecule has 1 rings (SSSR count). The van der Waals surface area contributed by atoms with Gasteiger partial charge in [0.05, 0.1) is 0 Å². The molecule has 0 spiro atoms. The van der Waals surface area contributed by atoms with Gasteiger partial charge in [0, 0.05) is 20.3 Å². The van der Waals surface area contributed by atoms with Crippen LogP contribution in [0.25, 0.3) is 0 Å². The molecule has 0 radical (unpaired) electrons. The highest BCUT2D eigenvalue weighted by Crippen LogP contribution is 2.64. The zero-order valence-electron chi connectivity index (χ0n) is 10.3. The van der Waals surface area contributed by atoms with Crippen LogP contribution in [0.5, 0.6) is 0 Å². The summed E-state index contributed by atoms with van der Waals surface area (Å²) in [6, 6.07) is -12.3. The molecule has 0 aromatic heterocycles. The van der Waals surface area contributed by atoms with Crippen molar-refractivity contribution < 1.29 is 48.6 Å². The van der Waals surface area contributed by atoms with Gasteiger partial charge in [0.25, 0.3) is 0 Å². The van der Waals surface area contributed by atoms with E-state index in [1.165, 1.54) is 0 Å². The van der Waals surface area contributed by atoms with E-state index in [1.54, 1.807) is 0 Å². The summed E-state index contributed by atoms with van der Waals surface area (Å²) < 4.78 is 135. The van der Waals surface area contributed by atoms with Crippen LogP contribution >= 0.6 is 0 Å². The number of ether oxygens (including phenoxy) is 1. The van der Waals surface area contributed by atoms with Gasteiger partial charge in [-0.05, 0) is 6.42 Å². The van der Waals surface area contributed by atoms with E-state index in [2.05, 4.69) is 4.74 Å². The molecule has 0 aliphatic carbocycles. The summed E-state index contributed by atoms with van der Waals surface area (Å²) >= 11 is 0. The summed E-state index contributed by atoms with van der Waals surface area (Å²) in [5.41, 5.74) is 0. The van der Waals surface area contributed by atoms with Crippen LogP contribution in [0.3, 0.4) is 0 Å². The van der Waals surface area contributed by atoms with Crippen molar-refractivity contribution in [1.82, 2.24) is 4.90 Å². The van der Waals surface area contributed by atoms with E-state index < -0.39 is 54.3 Å². The minimum absolute atomic E-state index is 0.504. The van der Waals surface area contributed by atoms with Crippen molar-refractivity contribution in [3.8, 4) is 0 Å². The Morgan fingerprint density at radius 2 is 1.10 bits per heavy atom. The molecule has 1 aliphatic heterocycles. The SMILES string of the molecule is COCCCN1C(F)(F)C(F)(F)C(F)(F)C(F)(F)C1(F)F. The first-order chi connectivity index (χ1) is 9.19. The van der Waals surface area contributed by atoms with Crippen molar-refractivity contribution in [1.29, 1.82) is 0 Å². The third-order valence-corrected chi connectivity index (χ3v) is 2.95. The number of rotatable bonds is 4. The minimum Gasteiger partial charge on any atom is -0.385 e. The summed E-state index contributed by atoms with van der Waals surface area (Å²) in [7, 11) is 1.00. The zero-order valence-corrected chi connectivity index (χ0v) is 10.3. The quantitative estimate of drug-likeness (QED) is 0.443. The summed E-state index contributed by atoms with van der Waals surface area (Å²) in [5.74, 6) is -20.3. The van der Waals surface area contributed by atoms with Crippen LogP contribution in [0, 0.1) is 0 Å².